The summed E-state index contributed by atoms with van der Waals surface area (Å²) in [5.41, 5.74) is 3.05. The lowest BCUT2D eigenvalue weighted by Crippen LogP contribution is -2.10. The third kappa shape index (κ3) is 5.12. The smallest absolute Gasteiger partial charge is 0.143 e. The second kappa shape index (κ2) is 12.5. The van der Waals surface area contributed by atoms with Crippen molar-refractivity contribution in [3.05, 3.63) is 200 Å². The van der Waals surface area contributed by atoms with Gasteiger partial charge in [0.2, 0.25) is 0 Å². The van der Waals surface area contributed by atoms with E-state index in [4.69, 9.17) is 14.0 Å². The lowest BCUT2D eigenvalue weighted by Gasteiger charge is -2.27. The molecule has 2 nitrogen and oxygen atoms in total. The summed E-state index contributed by atoms with van der Waals surface area (Å²) in [5, 5.41) is 4.49. The highest BCUT2D eigenvalue weighted by Crippen LogP contribution is 2.46. The Morgan fingerprint density at radius 2 is 1.10 bits per heavy atom. The van der Waals surface area contributed by atoms with Crippen molar-refractivity contribution in [2.75, 3.05) is 4.90 Å². The second-order valence-electron chi connectivity index (χ2n) is 12.3. The molecule has 0 aliphatic heterocycles. The maximum atomic E-state index is 9.51. The van der Waals surface area contributed by atoms with Gasteiger partial charge in [-0.3, -0.25) is 0 Å². The van der Waals surface area contributed by atoms with Gasteiger partial charge in [-0.2, -0.15) is 0 Å². The van der Waals surface area contributed by atoms with Crippen molar-refractivity contribution in [1.29, 1.82) is 0 Å². The zero-order valence-electron chi connectivity index (χ0n) is 40.4. The zero-order chi connectivity index (χ0) is 45.7. The van der Waals surface area contributed by atoms with E-state index < -0.39 is 101 Å². The minimum absolute atomic E-state index is 0.147. The SMILES string of the molecule is [2H]c1cc([2H])c([2H])c(-c2c([2H])c([2H])c(N(c3c([2H])c([2H])c([2H])c([2H])c3[2H])c3cc4c(oc5cccc(-c6ccc(-c7ccc8ccccc8c7)cc6)c54)c4ccccc34)c([2H])c2[2H])c1[2H]. The van der Waals surface area contributed by atoms with Crippen LogP contribution in [0.3, 0.4) is 0 Å². The van der Waals surface area contributed by atoms with Crippen molar-refractivity contribution in [1.82, 2.24) is 0 Å². The standard InChI is InChI=1S/C50H33NO/c1-3-12-34(13-4-1)36-28-30-42(31-29-36)51(41-16-5-2-6-17-41)47-33-46-49-43(20-11-21-48(49)52-50(46)45-19-10-9-18-44(45)47)38-25-22-37(23-26-38)40-27-24-35-14-7-8-15-39(35)32-40/h1-33H/i2D,3D,4D,5D,6D,12D,13D,16D,17D,28D,29D,30D,31D. The van der Waals surface area contributed by atoms with Crippen LogP contribution in [0.5, 0.6) is 0 Å². The third-order valence-electron chi connectivity index (χ3n) is 9.34. The van der Waals surface area contributed by atoms with Crippen LogP contribution < -0.4 is 4.90 Å². The first-order valence-corrected chi connectivity index (χ1v) is 16.7. The molecule has 52 heavy (non-hydrogen) atoms. The van der Waals surface area contributed by atoms with Gasteiger partial charge in [0.15, 0.2) is 0 Å². The van der Waals surface area contributed by atoms with Crippen LogP contribution in [0.15, 0.2) is 204 Å². The van der Waals surface area contributed by atoms with Gasteiger partial charge in [-0.05, 0) is 86.5 Å². The molecule has 0 bridgehead atoms. The molecule has 0 atom stereocenters. The molecule has 1 heterocycles. The molecule has 244 valence electrons. The maximum Gasteiger partial charge on any atom is 0.143 e. The van der Waals surface area contributed by atoms with Gasteiger partial charge in [0, 0.05) is 32.9 Å². The number of anilines is 3. The van der Waals surface area contributed by atoms with Gasteiger partial charge < -0.3 is 9.32 Å². The molecule has 9 aromatic carbocycles. The molecule has 0 aliphatic carbocycles. The lowest BCUT2D eigenvalue weighted by molar-refractivity contribution is 0.673. The molecule has 0 saturated carbocycles. The number of hydrogen-bond donors (Lipinski definition) is 0. The van der Waals surface area contributed by atoms with Gasteiger partial charge >= 0.3 is 0 Å². The van der Waals surface area contributed by atoms with Gasteiger partial charge in [0.05, 0.1) is 23.5 Å². The zero-order valence-corrected chi connectivity index (χ0v) is 27.4. The van der Waals surface area contributed by atoms with Gasteiger partial charge in [-0.15, -0.1) is 0 Å². The number of nitrogens with zero attached hydrogens (tertiary/aromatic N) is 1. The minimum Gasteiger partial charge on any atom is -0.455 e. The summed E-state index contributed by atoms with van der Waals surface area (Å²) in [7, 11) is 0. The molecule has 0 unspecified atom stereocenters. The van der Waals surface area contributed by atoms with E-state index in [-0.39, 0.29) is 5.69 Å². The van der Waals surface area contributed by atoms with Crippen LogP contribution in [-0.2, 0) is 0 Å². The van der Waals surface area contributed by atoms with Crippen molar-refractivity contribution in [3.63, 3.8) is 0 Å². The molecule has 0 radical (unpaired) electrons. The number of furan rings is 1. The molecule has 0 aliphatic rings. The Morgan fingerprint density at radius 3 is 1.90 bits per heavy atom. The monoisotopic (exact) mass is 676 g/mol. The fraction of sp³-hybridized carbons (Fsp3) is 0. The number of para-hydroxylation sites is 1. The van der Waals surface area contributed by atoms with E-state index in [0.717, 1.165) is 44.0 Å². The molecule has 1 aromatic heterocycles. The maximum absolute atomic E-state index is 9.51. The second-order valence-corrected chi connectivity index (χ2v) is 12.3. The third-order valence-corrected chi connectivity index (χ3v) is 9.34. The van der Waals surface area contributed by atoms with Gasteiger partial charge in [-0.25, -0.2) is 0 Å². The Labute approximate surface area is 320 Å². The summed E-state index contributed by atoms with van der Waals surface area (Å²) in [6.45, 7) is 0. The van der Waals surface area contributed by atoms with Gasteiger partial charge in [0.1, 0.15) is 11.2 Å². The predicted octanol–water partition coefficient (Wildman–Crippen LogP) is 14.4. The van der Waals surface area contributed by atoms with Crippen molar-refractivity contribution in [3.8, 4) is 33.4 Å². The van der Waals surface area contributed by atoms with Crippen LogP contribution in [0.1, 0.15) is 17.8 Å². The van der Waals surface area contributed by atoms with Crippen LogP contribution in [0.4, 0.5) is 17.1 Å². The normalized spacial score (nSPS) is 15.0. The molecule has 2 heteroatoms. The Bertz CT molecular complexity index is 3580. The van der Waals surface area contributed by atoms with E-state index in [1.54, 1.807) is 30.3 Å². The molecular weight excluding hydrogens is 631 g/mol. The first-order chi connectivity index (χ1) is 31.2. The molecule has 0 amide bonds. The number of hydrogen-bond acceptors (Lipinski definition) is 2. The van der Waals surface area contributed by atoms with Crippen LogP contribution in [0, 0.1) is 0 Å². The quantitative estimate of drug-likeness (QED) is 0.174. The van der Waals surface area contributed by atoms with Crippen molar-refractivity contribution in [2.45, 2.75) is 0 Å². The number of benzene rings is 9. The van der Waals surface area contributed by atoms with Crippen LogP contribution >= 0.6 is 0 Å². The summed E-state index contributed by atoms with van der Waals surface area (Å²) in [6, 6.07) is 29.7. The summed E-state index contributed by atoms with van der Waals surface area (Å²) in [6.07, 6.45) is 0. The molecule has 10 aromatic rings. The Morgan fingerprint density at radius 1 is 0.423 bits per heavy atom. The highest BCUT2D eigenvalue weighted by molar-refractivity contribution is 6.22. The highest BCUT2D eigenvalue weighted by Gasteiger charge is 2.21. The Kier molecular flexibility index (Phi) is 4.67. The van der Waals surface area contributed by atoms with Crippen molar-refractivity contribution in [2.24, 2.45) is 0 Å². The summed E-state index contributed by atoms with van der Waals surface area (Å²) in [4.78, 5) is 1.16. The first kappa shape index (κ1) is 19.5. The highest BCUT2D eigenvalue weighted by atomic mass is 16.3. The summed E-state index contributed by atoms with van der Waals surface area (Å²) >= 11 is 0. The summed E-state index contributed by atoms with van der Waals surface area (Å²) < 4.78 is 122. The fourth-order valence-electron chi connectivity index (χ4n) is 6.93. The number of rotatable bonds is 6. The van der Waals surface area contributed by atoms with E-state index in [2.05, 4.69) is 30.3 Å². The minimum atomic E-state index is -0.723. The molecule has 0 N–H and O–H groups in total. The average molecular weight is 677 g/mol. The lowest BCUT2D eigenvalue weighted by atomic mass is 9.95. The van der Waals surface area contributed by atoms with Crippen LogP contribution in [-0.4, -0.2) is 0 Å². The largest absolute Gasteiger partial charge is 0.455 e. The van der Waals surface area contributed by atoms with E-state index in [1.807, 2.05) is 54.6 Å². The summed E-state index contributed by atoms with van der Waals surface area (Å²) in [5.74, 6) is 0. The first-order valence-electron chi connectivity index (χ1n) is 23.2. The van der Waals surface area contributed by atoms with E-state index in [9.17, 15) is 8.22 Å². The molecule has 10 rings (SSSR count). The van der Waals surface area contributed by atoms with Crippen LogP contribution in [0.25, 0.3) is 76.9 Å². The van der Waals surface area contributed by atoms with E-state index in [1.165, 1.54) is 0 Å². The molecular formula is C50H33NO. The molecule has 0 spiro atoms. The Balaban J connectivity index is 1.26. The molecule has 0 saturated heterocycles. The predicted molar refractivity (Wildman–Crippen MR) is 220 cm³/mol. The fourth-order valence-corrected chi connectivity index (χ4v) is 6.93. The number of fused-ring (bicyclic) bond motifs is 6. The van der Waals surface area contributed by atoms with E-state index in [0.29, 0.717) is 32.7 Å². The van der Waals surface area contributed by atoms with Crippen molar-refractivity contribution >= 4 is 60.5 Å². The van der Waals surface area contributed by atoms with Gasteiger partial charge in [-0.1, -0.05) is 158 Å². The topological polar surface area (TPSA) is 16.4 Å². The van der Waals surface area contributed by atoms with Crippen molar-refractivity contribution < 1.29 is 22.2 Å². The van der Waals surface area contributed by atoms with E-state index >= 15 is 0 Å². The Hall–Kier alpha value is -6.90. The average Bonchev–Trinajstić information content (AvgIpc) is 3.71. The molecule has 0 fully saturated rings. The van der Waals surface area contributed by atoms with Gasteiger partial charge in [0.25, 0.3) is 0 Å². The van der Waals surface area contributed by atoms with Crippen LogP contribution in [0.2, 0.25) is 0 Å².